The molecule has 0 fully saturated rings. The van der Waals surface area contributed by atoms with Crippen LogP contribution in [-0.4, -0.2) is 58.5 Å². The van der Waals surface area contributed by atoms with Crippen molar-refractivity contribution in [1.29, 1.82) is 0 Å². The van der Waals surface area contributed by atoms with Crippen molar-refractivity contribution < 1.29 is 27.5 Å². The van der Waals surface area contributed by atoms with Crippen molar-refractivity contribution in [2.45, 2.75) is 51.1 Å². The van der Waals surface area contributed by atoms with Crippen LogP contribution in [0.2, 0.25) is 0 Å². The minimum atomic E-state index is -4.23. The number of unbranched alkanes of at least 4 members (excludes halogenated alkanes) is 1. The highest BCUT2D eigenvalue weighted by Crippen LogP contribution is 2.36. The van der Waals surface area contributed by atoms with E-state index in [1.807, 2.05) is 38.1 Å². The van der Waals surface area contributed by atoms with Crippen molar-refractivity contribution in [3.63, 3.8) is 0 Å². The Morgan fingerprint density at radius 1 is 0.951 bits per heavy atom. The molecule has 41 heavy (non-hydrogen) atoms. The van der Waals surface area contributed by atoms with Gasteiger partial charge in [0.05, 0.1) is 24.8 Å². The van der Waals surface area contributed by atoms with Gasteiger partial charge in [0.1, 0.15) is 24.1 Å². The summed E-state index contributed by atoms with van der Waals surface area (Å²) in [7, 11) is -1.34. The predicted molar refractivity (Wildman–Crippen MR) is 160 cm³/mol. The van der Waals surface area contributed by atoms with Crippen LogP contribution >= 0.6 is 0 Å². The van der Waals surface area contributed by atoms with Crippen LogP contribution in [0.15, 0.2) is 77.7 Å². The van der Waals surface area contributed by atoms with Gasteiger partial charge in [-0.25, -0.2) is 8.42 Å². The zero-order valence-electron chi connectivity index (χ0n) is 24.3. The number of aryl methyl sites for hydroxylation is 1. The summed E-state index contributed by atoms with van der Waals surface area (Å²) in [6.45, 7) is 5.66. The predicted octanol–water partition coefficient (Wildman–Crippen LogP) is 4.54. The number of anilines is 1. The third kappa shape index (κ3) is 8.00. The molecular formula is C31H39N3O6S. The first kappa shape index (κ1) is 31.5. The van der Waals surface area contributed by atoms with Gasteiger partial charge < -0.3 is 19.7 Å². The Morgan fingerprint density at radius 2 is 1.68 bits per heavy atom. The van der Waals surface area contributed by atoms with Crippen LogP contribution in [-0.2, 0) is 26.2 Å². The molecule has 1 N–H and O–H groups in total. The number of hydrogen-bond donors (Lipinski definition) is 1. The standard InChI is InChI=1S/C31H39N3O6S/c1-6-7-18-32-31(36)24(3)33(21-25-13-11-12-23(2)19-25)30(35)22-34(41(37,38)27-14-9-8-10-15-27)28-20-26(39-4)16-17-29(28)40-5/h8-17,19-20,24H,6-7,18,21-22H2,1-5H3,(H,32,36). The van der Waals surface area contributed by atoms with Gasteiger partial charge >= 0.3 is 0 Å². The maximum absolute atomic E-state index is 14.1. The van der Waals surface area contributed by atoms with Gasteiger partial charge in [-0.3, -0.25) is 13.9 Å². The first-order valence-corrected chi connectivity index (χ1v) is 15.0. The minimum Gasteiger partial charge on any atom is -0.497 e. The van der Waals surface area contributed by atoms with E-state index < -0.39 is 28.5 Å². The zero-order chi connectivity index (χ0) is 30.0. The van der Waals surface area contributed by atoms with Crippen molar-refractivity contribution in [3.8, 4) is 11.5 Å². The van der Waals surface area contributed by atoms with Crippen LogP contribution in [0.3, 0.4) is 0 Å². The van der Waals surface area contributed by atoms with E-state index in [0.29, 0.717) is 12.3 Å². The summed E-state index contributed by atoms with van der Waals surface area (Å²) < 4.78 is 39.9. The molecule has 1 unspecified atom stereocenters. The van der Waals surface area contributed by atoms with Crippen molar-refractivity contribution in [2.24, 2.45) is 0 Å². The van der Waals surface area contributed by atoms with Gasteiger partial charge in [0.15, 0.2) is 0 Å². The van der Waals surface area contributed by atoms with E-state index in [4.69, 9.17) is 9.47 Å². The highest BCUT2D eigenvalue weighted by molar-refractivity contribution is 7.92. The van der Waals surface area contributed by atoms with Crippen LogP contribution < -0.4 is 19.1 Å². The number of amides is 2. The van der Waals surface area contributed by atoms with Gasteiger partial charge in [-0.15, -0.1) is 0 Å². The van der Waals surface area contributed by atoms with Gasteiger partial charge in [0.2, 0.25) is 11.8 Å². The van der Waals surface area contributed by atoms with Gasteiger partial charge in [-0.05, 0) is 50.1 Å². The fraction of sp³-hybridized carbons (Fsp3) is 0.355. The maximum Gasteiger partial charge on any atom is 0.264 e. The third-order valence-electron chi connectivity index (χ3n) is 6.70. The van der Waals surface area contributed by atoms with E-state index in [2.05, 4.69) is 5.32 Å². The lowest BCUT2D eigenvalue weighted by atomic mass is 10.1. The summed E-state index contributed by atoms with van der Waals surface area (Å²) in [4.78, 5) is 28.6. The average molecular weight is 582 g/mol. The van der Waals surface area contributed by atoms with Crippen molar-refractivity contribution in [3.05, 3.63) is 83.9 Å². The SMILES string of the molecule is CCCCNC(=O)C(C)N(Cc1cccc(C)c1)C(=O)CN(c1cc(OC)ccc1OC)S(=O)(=O)c1ccccc1. The number of methoxy groups -OCH3 is 2. The molecule has 2 amide bonds. The molecule has 0 aromatic heterocycles. The number of nitrogens with one attached hydrogen (secondary N) is 1. The monoisotopic (exact) mass is 581 g/mol. The smallest absolute Gasteiger partial charge is 0.264 e. The van der Waals surface area contributed by atoms with E-state index in [1.165, 1.54) is 37.3 Å². The van der Waals surface area contributed by atoms with Gasteiger partial charge in [-0.1, -0.05) is 61.4 Å². The normalized spacial score (nSPS) is 11.8. The highest BCUT2D eigenvalue weighted by atomic mass is 32.2. The second kappa shape index (κ2) is 14.5. The lowest BCUT2D eigenvalue weighted by Gasteiger charge is -2.32. The molecule has 10 heteroatoms. The Labute approximate surface area is 243 Å². The molecule has 220 valence electrons. The van der Waals surface area contributed by atoms with E-state index in [9.17, 15) is 18.0 Å². The fourth-order valence-corrected chi connectivity index (χ4v) is 5.79. The number of rotatable bonds is 14. The Morgan fingerprint density at radius 3 is 2.32 bits per heavy atom. The van der Waals surface area contributed by atoms with Crippen molar-refractivity contribution in [2.75, 3.05) is 31.6 Å². The number of ether oxygens (including phenoxy) is 2. The zero-order valence-corrected chi connectivity index (χ0v) is 25.1. The molecule has 0 saturated heterocycles. The largest absolute Gasteiger partial charge is 0.497 e. The first-order chi connectivity index (χ1) is 19.6. The van der Waals surface area contributed by atoms with E-state index >= 15 is 0 Å². The molecule has 0 saturated carbocycles. The summed E-state index contributed by atoms with van der Waals surface area (Å²) in [5.74, 6) is -0.222. The molecule has 0 aliphatic carbocycles. The van der Waals surface area contributed by atoms with E-state index in [0.717, 1.165) is 28.3 Å². The lowest BCUT2D eigenvalue weighted by molar-refractivity contribution is -0.139. The Bertz CT molecular complexity index is 1430. The van der Waals surface area contributed by atoms with Gasteiger partial charge in [-0.2, -0.15) is 0 Å². The van der Waals surface area contributed by atoms with E-state index in [1.54, 1.807) is 37.3 Å². The summed E-state index contributed by atoms with van der Waals surface area (Å²) in [5.41, 5.74) is 1.96. The average Bonchev–Trinajstić information content (AvgIpc) is 2.98. The van der Waals surface area contributed by atoms with E-state index in [-0.39, 0.29) is 28.8 Å². The highest BCUT2D eigenvalue weighted by Gasteiger charge is 2.34. The number of benzene rings is 3. The molecule has 3 aromatic carbocycles. The van der Waals surface area contributed by atoms with Gasteiger partial charge in [0.25, 0.3) is 10.0 Å². The summed E-state index contributed by atoms with van der Waals surface area (Å²) in [6.07, 6.45) is 1.72. The van der Waals surface area contributed by atoms with Crippen molar-refractivity contribution >= 4 is 27.5 Å². The number of carbonyl (C=O) groups is 2. The topological polar surface area (TPSA) is 105 Å². The third-order valence-corrected chi connectivity index (χ3v) is 8.47. The molecule has 3 aromatic rings. The van der Waals surface area contributed by atoms with Crippen LogP contribution in [0.25, 0.3) is 0 Å². The molecule has 3 rings (SSSR count). The number of nitrogens with zero attached hydrogens (tertiary/aromatic N) is 2. The molecule has 0 heterocycles. The molecule has 0 aliphatic heterocycles. The first-order valence-electron chi connectivity index (χ1n) is 13.5. The Kier molecular flexibility index (Phi) is 11.2. The second-order valence-corrected chi connectivity index (χ2v) is 11.6. The number of hydrogen-bond acceptors (Lipinski definition) is 6. The summed E-state index contributed by atoms with van der Waals surface area (Å²) >= 11 is 0. The van der Waals surface area contributed by atoms with Gasteiger partial charge in [0, 0.05) is 19.2 Å². The Hall–Kier alpha value is -4.05. The van der Waals surface area contributed by atoms with Crippen LogP contribution in [0.5, 0.6) is 11.5 Å². The quantitative estimate of drug-likeness (QED) is 0.280. The second-order valence-electron chi connectivity index (χ2n) is 9.69. The molecule has 1 atom stereocenters. The fourth-order valence-electron chi connectivity index (χ4n) is 4.35. The van der Waals surface area contributed by atoms with Crippen LogP contribution in [0, 0.1) is 6.92 Å². The molecular weight excluding hydrogens is 542 g/mol. The summed E-state index contributed by atoms with van der Waals surface area (Å²) in [5, 5.41) is 2.89. The summed E-state index contributed by atoms with van der Waals surface area (Å²) in [6, 6.07) is 19.4. The number of sulfonamides is 1. The minimum absolute atomic E-state index is 0.00765. The maximum atomic E-state index is 14.1. The molecule has 9 nitrogen and oxygen atoms in total. The van der Waals surface area contributed by atoms with Crippen LogP contribution in [0.4, 0.5) is 5.69 Å². The molecule has 0 bridgehead atoms. The number of carbonyl (C=O) groups excluding carboxylic acids is 2. The Balaban J connectivity index is 2.08. The van der Waals surface area contributed by atoms with Crippen molar-refractivity contribution in [1.82, 2.24) is 10.2 Å². The molecule has 0 spiro atoms. The molecule has 0 aliphatic rings. The van der Waals surface area contributed by atoms with Crippen LogP contribution in [0.1, 0.15) is 37.8 Å². The lowest BCUT2D eigenvalue weighted by Crippen LogP contribution is -2.51. The molecule has 0 radical (unpaired) electrons.